The molecule has 2 atom stereocenters. The minimum atomic E-state index is 0.546. The van der Waals surface area contributed by atoms with E-state index in [1.165, 1.54) is 56.1 Å². The second-order valence-corrected chi connectivity index (χ2v) is 6.72. The lowest BCUT2D eigenvalue weighted by Gasteiger charge is -2.31. The van der Waals surface area contributed by atoms with Crippen molar-refractivity contribution in [1.82, 2.24) is 5.32 Å². The van der Waals surface area contributed by atoms with Crippen LogP contribution in [0.25, 0.3) is 0 Å². The lowest BCUT2D eigenvalue weighted by molar-refractivity contribution is 0.264. The topological polar surface area (TPSA) is 12.0 Å². The van der Waals surface area contributed by atoms with Crippen LogP contribution in [0.2, 0.25) is 5.02 Å². The standard InChI is InChI=1S/C17H24ClN/c1-12(13-5-3-2-4-6-13)19-17-10-7-14-11-15(18)8-9-16(14)17/h8-9,11-13,17,19H,2-7,10H2,1H3/t12-,17?/m0/s1. The molecule has 104 valence electrons. The zero-order valence-corrected chi connectivity index (χ0v) is 12.5. The second-order valence-electron chi connectivity index (χ2n) is 6.29. The number of hydrogen-bond donors (Lipinski definition) is 1. The third-order valence-electron chi connectivity index (χ3n) is 5.00. The van der Waals surface area contributed by atoms with Gasteiger partial charge in [-0.25, -0.2) is 0 Å². The molecule has 3 rings (SSSR count). The third-order valence-corrected chi connectivity index (χ3v) is 5.24. The molecule has 19 heavy (non-hydrogen) atoms. The van der Waals surface area contributed by atoms with Crippen molar-refractivity contribution in [2.45, 2.75) is 64.0 Å². The van der Waals surface area contributed by atoms with Gasteiger partial charge in [-0.3, -0.25) is 0 Å². The molecule has 0 saturated heterocycles. The Morgan fingerprint density at radius 2 is 1.95 bits per heavy atom. The van der Waals surface area contributed by atoms with Gasteiger partial charge in [-0.15, -0.1) is 0 Å². The fraction of sp³-hybridized carbons (Fsp3) is 0.647. The Kier molecular flexibility index (Phi) is 4.14. The SMILES string of the molecule is C[C@H](NC1CCc2cc(Cl)ccc21)C1CCCCC1. The summed E-state index contributed by atoms with van der Waals surface area (Å²) in [6, 6.07) is 7.59. The molecule has 0 amide bonds. The second kappa shape index (κ2) is 5.85. The smallest absolute Gasteiger partial charge is 0.0408 e. The van der Waals surface area contributed by atoms with Gasteiger partial charge in [0.2, 0.25) is 0 Å². The number of nitrogens with one attached hydrogen (secondary N) is 1. The van der Waals surface area contributed by atoms with Gasteiger partial charge in [-0.1, -0.05) is 36.9 Å². The summed E-state index contributed by atoms with van der Waals surface area (Å²) < 4.78 is 0. The molecular formula is C17H24ClN. The zero-order valence-electron chi connectivity index (χ0n) is 11.8. The van der Waals surface area contributed by atoms with Gasteiger partial charge in [0.1, 0.15) is 0 Å². The van der Waals surface area contributed by atoms with Crippen LogP contribution in [0.1, 0.15) is 62.6 Å². The fourth-order valence-electron chi connectivity index (χ4n) is 3.85. The summed E-state index contributed by atoms with van der Waals surface area (Å²) in [6.45, 7) is 2.38. The Bertz CT molecular complexity index is 437. The van der Waals surface area contributed by atoms with Gasteiger partial charge >= 0.3 is 0 Å². The third kappa shape index (κ3) is 2.98. The molecule has 0 aliphatic heterocycles. The lowest BCUT2D eigenvalue weighted by Crippen LogP contribution is -2.36. The van der Waals surface area contributed by atoms with Crippen molar-refractivity contribution < 1.29 is 0 Å². The van der Waals surface area contributed by atoms with Gasteiger partial charge in [-0.05, 0) is 61.8 Å². The van der Waals surface area contributed by atoms with Gasteiger partial charge < -0.3 is 5.32 Å². The van der Waals surface area contributed by atoms with Crippen LogP contribution in [0, 0.1) is 5.92 Å². The average Bonchev–Trinajstić information content (AvgIpc) is 2.82. The molecule has 0 aromatic heterocycles. The quantitative estimate of drug-likeness (QED) is 0.830. The molecule has 1 N–H and O–H groups in total. The maximum absolute atomic E-state index is 6.08. The Morgan fingerprint density at radius 1 is 1.16 bits per heavy atom. The van der Waals surface area contributed by atoms with E-state index in [0.29, 0.717) is 12.1 Å². The van der Waals surface area contributed by atoms with Crippen molar-refractivity contribution in [2.24, 2.45) is 5.92 Å². The van der Waals surface area contributed by atoms with Gasteiger partial charge in [0.05, 0.1) is 0 Å². The summed E-state index contributed by atoms with van der Waals surface area (Å²) in [5, 5.41) is 4.76. The van der Waals surface area contributed by atoms with Crippen LogP contribution in [-0.4, -0.2) is 6.04 Å². The highest BCUT2D eigenvalue weighted by molar-refractivity contribution is 6.30. The molecule has 0 bridgehead atoms. The van der Waals surface area contributed by atoms with Gasteiger partial charge in [-0.2, -0.15) is 0 Å². The molecule has 1 unspecified atom stereocenters. The molecule has 2 heteroatoms. The van der Waals surface area contributed by atoms with E-state index < -0.39 is 0 Å². The van der Waals surface area contributed by atoms with Crippen molar-refractivity contribution in [1.29, 1.82) is 0 Å². The average molecular weight is 278 g/mol. The minimum Gasteiger partial charge on any atom is -0.307 e. The molecule has 2 aliphatic carbocycles. The van der Waals surface area contributed by atoms with Crippen molar-refractivity contribution >= 4 is 11.6 Å². The van der Waals surface area contributed by atoms with E-state index in [1.807, 2.05) is 6.07 Å². The monoisotopic (exact) mass is 277 g/mol. The van der Waals surface area contributed by atoms with Gasteiger partial charge in [0.25, 0.3) is 0 Å². The summed E-state index contributed by atoms with van der Waals surface area (Å²) in [5.41, 5.74) is 2.92. The summed E-state index contributed by atoms with van der Waals surface area (Å²) in [5.74, 6) is 0.880. The summed E-state index contributed by atoms with van der Waals surface area (Å²) in [4.78, 5) is 0. The van der Waals surface area contributed by atoms with Crippen molar-refractivity contribution in [3.63, 3.8) is 0 Å². The van der Waals surface area contributed by atoms with E-state index in [4.69, 9.17) is 11.6 Å². The molecular weight excluding hydrogens is 254 g/mol. The maximum Gasteiger partial charge on any atom is 0.0408 e. The Labute approximate surface area is 121 Å². The number of benzene rings is 1. The molecule has 2 aliphatic rings. The van der Waals surface area contributed by atoms with E-state index in [2.05, 4.69) is 24.4 Å². The normalized spacial score (nSPS) is 25.3. The largest absolute Gasteiger partial charge is 0.307 e. The molecule has 1 fully saturated rings. The number of hydrogen-bond acceptors (Lipinski definition) is 1. The minimum absolute atomic E-state index is 0.546. The molecule has 1 nitrogen and oxygen atoms in total. The van der Waals surface area contributed by atoms with Gasteiger partial charge in [0, 0.05) is 17.1 Å². The molecule has 1 aromatic rings. The van der Waals surface area contributed by atoms with Crippen LogP contribution >= 0.6 is 11.6 Å². The zero-order chi connectivity index (χ0) is 13.2. The van der Waals surface area contributed by atoms with Crippen LogP contribution in [0.15, 0.2) is 18.2 Å². The first kappa shape index (κ1) is 13.5. The highest BCUT2D eigenvalue weighted by atomic mass is 35.5. The van der Waals surface area contributed by atoms with E-state index in [-0.39, 0.29) is 0 Å². The number of rotatable bonds is 3. The van der Waals surface area contributed by atoms with Crippen LogP contribution in [0.3, 0.4) is 0 Å². The van der Waals surface area contributed by atoms with Crippen molar-refractivity contribution in [2.75, 3.05) is 0 Å². The molecule has 0 radical (unpaired) electrons. The van der Waals surface area contributed by atoms with Crippen molar-refractivity contribution in [3.05, 3.63) is 34.3 Å². The molecule has 0 heterocycles. The summed E-state index contributed by atoms with van der Waals surface area (Å²) in [6.07, 6.45) is 9.51. The number of fused-ring (bicyclic) bond motifs is 1. The summed E-state index contributed by atoms with van der Waals surface area (Å²) >= 11 is 6.08. The first-order valence-corrected chi connectivity index (χ1v) is 8.16. The number of halogens is 1. The highest BCUT2D eigenvalue weighted by Crippen LogP contribution is 2.35. The predicted molar refractivity (Wildman–Crippen MR) is 81.7 cm³/mol. The lowest BCUT2D eigenvalue weighted by atomic mass is 9.84. The van der Waals surface area contributed by atoms with E-state index in [9.17, 15) is 0 Å². The fourth-order valence-corrected chi connectivity index (χ4v) is 4.04. The Hall–Kier alpha value is -0.530. The van der Waals surface area contributed by atoms with Gasteiger partial charge in [0.15, 0.2) is 0 Å². The highest BCUT2D eigenvalue weighted by Gasteiger charge is 2.27. The van der Waals surface area contributed by atoms with Crippen LogP contribution in [0.4, 0.5) is 0 Å². The first-order chi connectivity index (χ1) is 9.24. The molecule has 1 aromatic carbocycles. The molecule has 1 saturated carbocycles. The Morgan fingerprint density at radius 3 is 2.74 bits per heavy atom. The van der Waals surface area contributed by atoms with E-state index in [1.54, 1.807) is 0 Å². The van der Waals surface area contributed by atoms with Crippen LogP contribution in [-0.2, 0) is 6.42 Å². The van der Waals surface area contributed by atoms with Crippen LogP contribution < -0.4 is 5.32 Å². The van der Waals surface area contributed by atoms with Crippen molar-refractivity contribution in [3.8, 4) is 0 Å². The molecule has 0 spiro atoms. The number of aryl methyl sites for hydroxylation is 1. The maximum atomic E-state index is 6.08. The predicted octanol–water partition coefficient (Wildman–Crippen LogP) is 4.89. The Balaban J connectivity index is 1.65. The van der Waals surface area contributed by atoms with Crippen LogP contribution in [0.5, 0.6) is 0 Å². The van der Waals surface area contributed by atoms with E-state index in [0.717, 1.165) is 10.9 Å². The summed E-state index contributed by atoms with van der Waals surface area (Å²) in [7, 11) is 0. The first-order valence-electron chi connectivity index (χ1n) is 7.78. The van der Waals surface area contributed by atoms with E-state index >= 15 is 0 Å².